The molecule has 0 saturated carbocycles. The van der Waals surface area contributed by atoms with E-state index in [0.717, 1.165) is 15.8 Å². The van der Waals surface area contributed by atoms with Gasteiger partial charge in [-0.2, -0.15) is 5.26 Å². The van der Waals surface area contributed by atoms with Crippen LogP contribution >= 0.6 is 15.9 Å². The number of benzene rings is 1. The zero-order valence-corrected chi connectivity index (χ0v) is 9.13. The topological polar surface area (TPSA) is 33.0 Å². The maximum Gasteiger partial charge on any atom is 0.137 e. The summed E-state index contributed by atoms with van der Waals surface area (Å²) in [5, 5.41) is 8.78. The summed E-state index contributed by atoms with van der Waals surface area (Å²) >= 11 is 3.37. The van der Waals surface area contributed by atoms with Crippen molar-refractivity contribution >= 4 is 15.9 Å². The summed E-state index contributed by atoms with van der Waals surface area (Å²) in [5.74, 6) is 0.601. The van der Waals surface area contributed by atoms with E-state index in [1.54, 1.807) is 7.11 Å². The van der Waals surface area contributed by atoms with Crippen LogP contribution in [-0.2, 0) is 0 Å². The molecule has 0 aliphatic carbocycles. The number of para-hydroxylation sites is 1. The number of nitriles is 1. The lowest BCUT2D eigenvalue weighted by molar-refractivity contribution is 0.406. The Morgan fingerprint density at radius 2 is 2.23 bits per heavy atom. The number of hydrogen-bond acceptors (Lipinski definition) is 2. The molecule has 0 aliphatic rings. The van der Waals surface area contributed by atoms with E-state index >= 15 is 0 Å². The predicted molar refractivity (Wildman–Crippen MR) is 54.7 cm³/mol. The van der Waals surface area contributed by atoms with Gasteiger partial charge in [-0.1, -0.05) is 12.1 Å². The second-order valence-corrected chi connectivity index (χ2v) is 3.57. The Bertz CT molecular complexity index is 343. The van der Waals surface area contributed by atoms with Gasteiger partial charge in [-0.05, 0) is 28.9 Å². The molecule has 0 spiro atoms. The molecule has 1 aromatic rings. The lowest BCUT2D eigenvalue weighted by atomic mass is 10.0. The summed E-state index contributed by atoms with van der Waals surface area (Å²) < 4.78 is 6.08. The molecular weight excluding hydrogens is 230 g/mol. The number of hydrogen-bond donors (Lipinski definition) is 0. The molecule has 13 heavy (non-hydrogen) atoms. The Hall–Kier alpha value is -1.01. The summed E-state index contributed by atoms with van der Waals surface area (Å²) in [7, 11) is 1.60. The van der Waals surface area contributed by atoms with E-state index in [0.29, 0.717) is 0 Å². The highest BCUT2D eigenvalue weighted by Gasteiger charge is 2.12. The van der Waals surface area contributed by atoms with E-state index in [9.17, 15) is 0 Å². The van der Waals surface area contributed by atoms with Gasteiger partial charge in [0.25, 0.3) is 0 Å². The van der Waals surface area contributed by atoms with Crippen LogP contribution in [0.3, 0.4) is 0 Å². The number of ether oxygens (including phenoxy) is 1. The second kappa shape index (κ2) is 4.29. The molecule has 1 rings (SSSR count). The van der Waals surface area contributed by atoms with Gasteiger partial charge in [-0.25, -0.2) is 0 Å². The van der Waals surface area contributed by atoms with Crippen LogP contribution in [0.25, 0.3) is 0 Å². The summed E-state index contributed by atoms with van der Waals surface area (Å²) in [5.41, 5.74) is 0.916. The standard InChI is InChI=1S/C10H10BrNO/c1-7(6-12)8-4-3-5-9(11)10(8)13-2/h3-5,7H,1-2H3. The summed E-state index contributed by atoms with van der Waals surface area (Å²) in [6.07, 6.45) is 0. The molecule has 1 atom stereocenters. The Morgan fingerprint density at radius 3 is 2.77 bits per heavy atom. The fraction of sp³-hybridized carbons (Fsp3) is 0.300. The summed E-state index contributed by atoms with van der Waals surface area (Å²) in [6.45, 7) is 1.85. The highest BCUT2D eigenvalue weighted by atomic mass is 79.9. The van der Waals surface area contributed by atoms with Crippen LogP contribution < -0.4 is 4.74 Å². The van der Waals surface area contributed by atoms with Gasteiger partial charge in [0.2, 0.25) is 0 Å². The van der Waals surface area contributed by atoms with Gasteiger partial charge in [-0.15, -0.1) is 0 Å². The minimum Gasteiger partial charge on any atom is -0.495 e. The monoisotopic (exact) mass is 239 g/mol. The molecule has 0 aromatic heterocycles. The third-order valence-electron chi connectivity index (χ3n) is 1.86. The van der Waals surface area contributed by atoms with Crippen molar-refractivity contribution in [2.24, 2.45) is 0 Å². The van der Waals surface area contributed by atoms with E-state index in [-0.39, 0.29) is 5.92 Å². The van der Waals surface area contributed by atoms with E-state index in [1.165, 1.54) is 0 Å². The van der Waals surface area contributed by atoms with Crippen LogP contribution in [0.1, 0.15) is 18.4 Å². The number of halogens is 1. The predicted octanol–water partition coefficient (Wildman–Crippen LogP) is 3.08. The fourth-order valence-corrected chi connectivity index (χ4v) is 1.69. The zero-order chi connectivity index (χ0) is 9.84. The van der Waals surface area contributed by atoms with Crippen LogP contribution in [0.4, 0.5) is 0 Å². The average Bonchev–Trinajstić information content (AvgIpc) is 2.16. The van der Waals surface area contributed by atoms with E-state index < -0.39 is 0 Å². The first-order valence-electron chi connectivity index (χ1n) is 3.92. The van der Waals surface area contributed by atoms with Gasteiger partial charge in [0.15, 0.2) is 0 Å². The Kier molecular flexibility index (Phi) is 3.32. The minimum absolute atomic E-state index is 0.146. The lowest BCUT2D eigenvalue weighted by Crippen LogP contribution is -1.95. The van der Waals surface area contributed by atoms with Crippen LogP contribution in [0, 0.1) is 11.3 Å². The molecule has 0 fully saturated rings. The molecule has 0 radical (unpaired) electrons. The molecule has 3 heteroatoms. The Labute approximate surface area is 86.3 Å². The highest BCUT2D eigenvalue weighted by Crippen LogP contribution is 2.33. The van der Waals surface area contributed by atoms with Gasteiger partial charge >= 0.3 is 0 Å². The van der Waals surface area contributed by atoms with Gasteiger partial charge in [0, 0.05) is 5.56 Å². The third kappa shape index (κ3) is 2.02. The zero-order valence-electron chi connectivity index (χ0n) is 7.54. The molecule has 1 unspecified atom stereocenters. The summed E-state index contributed by atoms with van der Waals surface area (Å²) in [6, 6.07) is 7.88. The van der Waals surface area contributed by atoms with Crippen molar-refractivity contribution in [2.45, 2.75) is 12.8 Å². The van der Waals surface area contributed by atoms with Crippen molar-refractivity contribution in [2.75, 3.05) is 7.11 Å². The average molecular weight is 240 g/mol. The maximum absolute atomic E-state index is 8.78. The molecule has 0 N–H and O–H groups in total. The number of nitrogens with zero attached hydrogens (tertiary/aromatic N) is 1. The molecule has 1 aromatic carbocycles. The van der Waals surface area contributed by atoms with Crippen molar-refractivity contribution in [3.63, 3.8) is 0 Å². The van der Waals surface area contributed by atoms with Crippen molar-refractivity contribution in [1.82, 2.24) is 0 Å². The Balaban J connectivity index is 3.21. The highest BCUT2D eigenvalue weighted by molar-refractivity contribution is 9.10. The van der Waals surface area contributed by atoms with Crippen LogP contribution in [0.15, 0.2) is 22.7 Å². The van der Waals surface area contributed by atoms with Crippen molar-refractivity contribution in [3.8, 4) is 11.8 Å². The van der Waals surface area contributed by atoms with Crippen LogP contribution in [0.5, 0.6) is 5.75 Å². The molecular formula is C10H10BrNO. The number of methoxy groups -OCH3 is 1. The first-order chi connectivity index (χ1) is 6.20. The van der Waals surface area contributed by atoms with Gasteiger partial charge in [-0.3, -0.25) is 0 Å². The quantitative estimate of drug-likeness (QED) is 0.795. The molecule has 0 saturated heterocycles. The van der Waals surface area contributed by atoms with Gasteiger partial charge in [0.05, 0.1) is 23.6 Å². The van der Waals surface area contributed by atoms with Crippen LogP contribution in [0.2, 0.25) is 0 Å². The van der Waals surface area contributed by atoms with Crippen molar-refractivity contribution in [3.05, 3.63) is 28.2 Å². The molecule has 68 valence electrons. The molecule has 2 nitrogen and oxygen atoms in total. The SMILES string of the molecule is COc1c(Br)cccc1C(C)C#N. The number of rotatable bonds is 2. The van der Waals surface area contributed by atoms with E-state index in [4.69, 9.17) is 10.00 Å². The lowest BCUT2D eigenvalue weighted by Gasteiger charge is -2.10. The largest absolute Gasteiger partial charge is 0.495 e. The summed E-state index contributed by atoms with van der Waals surface area (Å²) in [4.78, 5) is 0. The first-order valence-corrected chi connectivity index (χ1v) is 4.72. The molecule has 0 amide bonds. The van der Waals surface area contributed by atoms with Crippen LogP contribution in [-0.4, -0.2) is 7.11 Å². The first kappa shape index (κ1) is 10.1. The normalized spacial score (nSPS) is 11.8. The second-order valence-electron chi connectivity index (χ2n) is 2.71. The molecule has 0 bridgehead atoms. The van der Waals surface area contributed by atoms with Crippen molar-refractivity contribution in [1.29, 1.82) is 5.26 Å². The van der Waals surface area contributed by atoms with E-state index in [1.807, 2.05) is 25.1 Å². The van der Waals surface area contributed by atoms with Gasteiger partial charge < -0.3 is 4.74 Å². The van der Waals surface area contributed by atoms with E-state index in [2.05, 4.69) is 22.0 Å². The Morgan fingerprint density at radius 1 is 1.54 bits per heavy atom. The minimum atomic E-state index is -0.146. The third-order valence-corrected chi connectivity index (χ3v) is 2.49. The molecule has 0 aliphatic heterocycles. The smallest absolute Gasteiger partial charge is 0.137 e. The molecule has 0 heterocycles. The van der Waals surface area contributed by atoms with Crippen molar-refractivity contribution < 1.29 is 4.74 Å². The fourth-order valence-electron chi connectivity index (χ4n) is 1.15. The van der Waals surface area contributed by atoms with Gasteiger partial charge in [0.1, 0.15) is 5.75 Å². The maximum atomic E-state index is 8.78.